The monoisotopic (exact) mass is 331 g/mol. The van der Waals surface area contributed by atoms with Crippen molar-refractivity contribution in [2.24, 2.45) is 0 Å². The number of carbonyl (C=O) groups excluding carboxylic acids is 1. The topological polar surface area (TPSA) is 38.3 Å². The van der Waals surface area contributed by atoms with E-state index in [-0.39, 0.29) is 11.9 Å². The van der Waals surface area contributed by atoms with Gasteiger partial charge in [0.15, 0.2) is 0 Å². The highest BCUT2D eigenvalue weighted by molar-refractivity contribution is 5.94. The summed E-state index contributed by atoms with van der Waals surface area (Å²) in [6, 6.07) is 27.1. The van der Waals surface area contributed by atoms with Gasteiger partial charge in [-0.05, 0) is 42.3 Å². The first-order valence-corrected chi connectivity index (χ1v) is 8.35. The molecular weight excluding hydrogens is 310 g/mol. The highest BCUT2D eigenvalue weighted by Gasteiger charge is 2.11. The van der Waals surface area contributed by atoms with E-state index in [4.69, 9.17) is 4.74 Å². The van der Waals surface area contributed by atoms with Crippen molar-refractivity contribution in [1.82, 2.24) is 5.32 Å². The maximum Gasteiger partial charge on any atom is 0.251 e. The van der Waals surface area contributed by atoms with Crippen molar-refractivity contribution >= 4 is 5.91 Å². The van der Waals surface area contributed by atoms with Gasteiger partial charge in [-0.25, -0.2) is 0 Å². The van der Waals surface area contributed by atoms with Crippen molar-refractivity contribution in [3.05, 3.63) is 102 Å². The van der Waals surface area contributed by atoms with Crippen molar-refractivity contribution in [1.29, 1.82) is 0 Å². The molecule has 0 fully saturated rings. The maximum absolute atomic E-state index is 12.4. The van der Waals surface area contributed by atoms with Gasteiger partial charge in [0.25, 0.3) is 5.91 Å². The predicted octanol–water partition coefficient (Wildman–Crippen LogP) is 4.76. The lowest BCUT2D eigenvalue weighted by Gasteiger charge is -2.14. The zero-order chi connectivity index (χ0) is 17.5. The molecule has 0 saturated heterocycles. The Morgan fingerprint density at radius 1 is 0.880 bits per heavy atom. The maximum atomic E-state index is 12.4. The number of rotatable bonds is 6. The van der Waals surface area contributed by atoms with Gasteiger partial charge in [-0.2, -0.15) is 0 Å². The van der Waals surface area contributed by atoms with Crippen molar-refractivity contribution in [3.63, 3.8) is 0 Å². The molecule has 0 aliphatic rings. The van der Waals surface area contributed by atoms with Crippen molar-refractivity contribution in [3.8, 4) is 5.75 Å². The van der Waals surface area contributed by atoms with Crippen LogP contribution in [0.25, 0.3) is 0 Å². The summed E-state index contributed by atoms with van der Waals surface area (Å²) < 4.78 is 5.71. The van der Waals surface area contributed by atoms with Crippen LogP contribution < -0.4 is 10.1 Å². The Hall–Kier alpha value is -3.07. The van der Waals surface area contributed by atoms with E-state index in [1.807, 2.05) is 91.9 Å². The molecule has 1 N–H and O–H groups in total. The van der Waals surface area contributed by atoms with Gasteiger partial charge < -0.3 is 10.1 Å². The molecule has 1 unspecified atom stereocenters. The molecule has 3 nitrogen and oxygen atoms in total. The normalized spacial score (nSPS) is 11.6. The van der Waals surface area contributed by atoms with Crippen LogP contribution in [0.4, 0.5) is 0 Å². The Labute approximate surface area is 148 Å². The fourth-order valence-corrected chi connectivity index (χ4v) is 2.54. The summed E-state index contributed by atoms with van der Waals surface area (Å²) in [5.74, 6) is 0.757. The summed E-state index contributed by atoms with van der Waals surface area (Å²) in [5.41, 5.74) is 2.76. The number of para-hydroxylation sites is 1. The lowest BCUT2D eigenvalue weighted by molar-refractivity contribution is 0.0940. The van der Waals surface area contributed by atoms with Crippen LogP contribution in [0.2, 0.25) is 0 Å². The summed E-state index contributed by atoms with van der Waals surface area (Å²) in [5, 5.41) is 3.02. The van der Waals surface area contributed by atoms with E-state index in [0.717, 1.165) is 16.9 Å². The molecule has 0 aliphatic carbocycles. The molecule has 3 rings (SSSR count). The molecular formula is C22H21NO2. The number of ether oxygens (including phenoxy) is 1. The third-order valence-electron chi connectivity index (χ3n) is 4.01. The lowest BCUT2D eigenvalue weighted by Crippen LogP contribution is -2.26. The van der Waals surface area contributed by atoms with Crippen LogP contribution in [0.3, 0.4) is 0 Å². The van der Waals surface area contributed by atoms with Crippen LogP contribution in [0.15, 0.2) is 84.9 Å². The fourth-order valence-electron chi connectivity index (χ4n) is 2.54. The Morgan fingerprint density at radius 2 is 1.48 bits per heavy atom. The van der Waals surface area contributed by atoms with Crippen LogP contribution in [-0.4, -0.2) is 5.91 Å². The van der Waals surface area contributed by atoms with Crippen LogP contribution in [0.1, 0.15) is 34.5 Å². The molecule has 0 aliphatic heterocycles. The number of carbonyl (C=O) groups is 1. The van der Waals surface area contributed by atoms with Gasteiger partial charge in [-0.15, -0.1) is 0 Å². The minimum absolute atomic E-state index is 0.0326. The first-order valence-electron chi connectivity index (χ1n) is 8.35. The second kappa shape index (κ2) is 8.15. The zero-order valence-electron chi connectivity index (χ0n) is 14.2. The highest BCUT2D eigenvalue weighted by Crippen LogP contribution is 2.14. The molecule has 1 atom stereocenters. The van der Waals surface area contributed by atoms with Crippen molar-refractivity contribution in [2.75, 3.05) is 0 Å². The Bertz CT molecular complexity index is 798. The van der Waals surface area contributed by atoms with E-state index in [9.17, 15) is 4.79 Å². The smallest absolute Gasteiger partial charge is 0.251 e. The average Bonchev–Trinajstić information content (AvgIpc) is 2.68. The zero-order valence-corrected chi connectivity index (χ0v) is 14.2. The summed E-state index contributed by atoms with van der Waals surface area (Å²) in [7, 11) is 0. The first-order chi connectivity index (χ1) is 12.2. The third-order valence-corrected chi connectivity index (χ3v) is 4.01. The van der Waals surface area contributed by atoms with Gasteiger partial charge in [-0.1, -0.05) is 60.7 Å². The highest BCUT2D eigenvalue weighted by atomic mass is 16.5. The first kappa shape index (κ1) is 16.8. The van der Waals surface area contributed by atoms with E-state index in [1.54, 1.807) is 0 Å². The molecule has 0 saturated carbocycles. The average molecular weight is 331 g/mol. The van der Waals surface area contributed by atoms with Crippen LogP contribution in [-0.2, 0) is 6.61 Å². The SMILES string of the molecule is CC(NC(=O)c1ccc(COc2ccccc2)cc1)c1ccccc1. The number of hydrogen-bond acceptors (Lipinski definition) is 2. The van der Waals surface area contributed by atoms with Gasteiger partial charge in [0.1, 0.15) is 12.4 Å². The van der Waals surface area contributed by atoms with E-state index in [0.29, 0.717) is 12.2 Å². The Balaban J connectivity index is 1.57. The molecule has 0 spiro atoms. The van der Waals surface area contributed by atoms with Crippen molar-refractivity contribution in [2.45, 2.75) is 19.6 Å². The van der Waals surface area contributed by atoms with Gasteiger partial charge in [0.05, 0.1) is 6.04 Å². The molecule has 0 heterocycles. The second-order valence-corrected chi connectivity index (χ2v) is 5.90. The van der Waals surface area contributed by atoms with Crippen molar-refractivity contribution < 1.29 is 9.53 Å². The molecule has 3 aromatic carbocycles. The third kappa shape index (κ3) is 4.70. The Morgan fingerprint density at radius 3 is 2.12 bits per heavy atom. The number of nitrogens with one attached hydrogen (secondary N) is 1. The molecule has 0 aromatic heterocycles. The largest absolute Gasteiger partial charge is 0.489 e. The summed E-state index contributed by atoms with van der Waals surface area (Å²) in [4.78, 5) is 12.4. The summed E-state index contributed by atoms with van der Waals surface area (Å²) in [6.45, 7) is 2.46. The van der Waals surface area contributed by atoms with Gasteiger partial charge in [-0.3, -0.25) is 4.79 Å². The number of amides is 1. The molecule has 3 aromatic rings. The molecule has 1 amide bonds. The van der Waals surface area contributed by atoms with Crippen LogP contribution in [0, 0.1) is 0 Å². The molecule has 126 valence electrons. The Kier molecular flexibility index (Phi) is 5.47. The quantitative estimate of drug-likeness (QED) is 0.707. The van der Waals surface area contributed by atoms with E-state index in [1.165, 1.54) is 0 Å². The minimum atomic E-state index is -0.0770. The van der Waals surface area contributed by atoms with Gasteiger partial charge in [0, 0.05) is 5.56 Å². The standard InChI is InChI=1S/C22H21NO2/c1-17(19-8-4-2-5-9-19)23-22(24)20-14-12-18(13-15-20)16-25-21-10-6-3-7-11-21/h2-15,17H,16H2,1H3,(H,23,24). The van der Waals surface area contributed by atoms with Crippen LogP contribution in [0.5, 0.6) is 5.75 Å². The lowest BCUT2D eigenvalue weighted by atomic mass is 10.1. The van der Waals surface area contributed by atoms with E-state index >= 15 is 0 Å². The minimum Gasteiger partial charge on any atom is -0.489 e. The van der Waals surface area contributed by atoms with Gasteiger partial charge in [0.2, 0.25) is 0 Å². The van der Waals surface area contributed by atoms with Crippen LogP contribution >= 0.6 is 0 Å². The molecule has 25 heavy (non-hydrogen) atoms. The second-order valence-electron chi connectivity index (χ2n) is 5.90. The van der Waals surface area contributed by atoms with E-state index < -0.39 is 0 Å². The van der Waals surface area contributed by atoms with E-state index in [2.05, 4.69) is 5.32 Å². The van der Waals surface area contributed by atoms with Gasteiger partial charge >= 0.3 is 0 Å². The molecule has 0 radical (unpaired) electrons. The molecule has 0 bridgehead atoms. The summed E-state index contributed by atoms with van der Waals surface area (Å²) >= 11 is 0. The fraction of sp³-hybridized carbons (Fsp3) is 0.136. The number of benzene rings is 3. The number of hydrogen-bond donors (Lipinski definition) is 1. The summed E-state index contributed by atoms with van der Waals surface area (Å²) in [6.07, 6.45) is 0. The predicted molar refractivity (Wildman–Crippen MR) is 99.5 cm³/mol. The molecule has 3 heteroatoms.